The molecule has 2 aromatic heterocycles. The number of methoxy groups -OCH3 is 1. The lowest BCUT2D eigenvalue weighted by Crippen LogP contribution is -2.09. The quantitative estimate of drug-likeness (QED) is 0.568. The van der Waals surface area contributed by atoms with E-state index in [2.05, 4.69) is 15.3 Å². The summed E-state index contributed by atoms with van der Waals surface area (Å²) >= 11 is 7.44. The minimum absolute atomic E-state index is 0.0820. The summed E-state index contributed by atoms with van der Waals surface area (Å²) in [6.07, 6.45) is -0.0820. The first-order chi connectivity index (χ1) is 13.8. The Morgan fingerprint density at radius 1 is 1.21 bits per heavy atom. The first-order valence-corrected chi connectivity index (χ1v) is 10.1. The highest BCUT2D eigenvalue weighted by Crippen LogP contribution is 2.36. The second-order valence-electron chi connectivity index (χ2n) is 6.24. The lowest BCUT2D eigenvalue weighted by Gasteiger charge is -2.12. The first kappa shape index (κ1) is 21.0. The molecule has 0 aliphatic carbocycles. The van der Waals surface area contributed by atoms with Gasteiger partial charge in [0.05, 0.1) is 19.1 Å². The van der Waals surface area contributed by atoms with Gasteiger partial charge in [0.15, 0.2) is 0 Å². The smallest absolute Gasteiger partial charge is 0.348 e. The number of halogens is 1. The molecule has 9 heteroatoms. The number of hydrogen-bond donors (Lipinski definition) is 1. The number of rotatable bonds is 6. The molecule has 1 aromatic carbocycles. The number of aromatic nitrogens is 2. The van der Waals surface area contributed by atoms with Gasteiger partial charge in [0.1, 0.15) is 27.8 Å². The zero-order chi connectivity index (χ0) is 21.1. The van der Waals surface area contributed by atoms with Crippen LogP contribution in [0.4, 0.5) is 11.5 Å². The van der Waals surface area contributed by atoms with Gasteiger partial charge in [-0.05, 0) is 44.0 Å². The van der Waals surface area contributed by atoms with Gasteiger partial charge in [0, 0.05) is 10.7 Å². The molecule has 3 aromatic rings. The van der Waals surface area contributed by atoms with Crippen molar-refractivity contribution in [2.75, 3.05) is 19.0 Å². The normalized spacial score (nSPS) is 10.8. The van der Waals surface area contributed by atoms with Crippen molar-refractivity contribution in [1.82, 2.24) is 9.97 Å². The Hall–Kier alpha value is -2.71. The molecule has 152 valence electrons. The van der Waals surface area contributed by atoms with Gasteiger partial charge in [-0.2, -0.15) is 0 Å². The molecule has 0 saturated heterocycles. The first-order valence-electron chi connectivity index (χ1n) is 8.91. The van der Waals surface area contributed by atoms with Gasteiger partial charge in [-0.15, -0.1) is 11.3 Å². The SMILES string of the molecule is CCOC(=O)c1sc2nc(CC(=O)OC)nc(Nc3cccc(Cl)c3C)c2c1C. The van der Waals surface area contributed by atoms with Crippen molar-refractivity contribution >= 4 is 56.6 Å². The maximum Gasteiger partial charge on any atom is 0.348 e. The van der Waals surface area contributed by atoms with Crippen LogP contribution in [0.5, 0.6) is 0 Å². The average Bonchev–Trinajstić information content (AvgIpc) is 3.02. The molecule has 0 aliphatic rings. The van der Waals surface area contributed by atoms with Gasteiger partial charge in [-0.1, -0.05) is 17.7 Å². The highest BCUT2D eigenvalue weighted by Gasteiger charge is 2.22. The van der Waals surface area contributed by atoms with Crippen LogP contribution in [0, 0.1) is 13.8 Å². The minimum atomic E-state index is -0.451. The third kappa shape index (κ3) is 4.33. The lowest BCUT2D eigenvalue weighted by atomic mass is 10.1. The number of nitrogens with one attached hydrogen (secondary N) is 1. The van der Waals surface area contributed by atoms with Gasteiger partial charge in [-0.3, -0.25) is 4.79 Å². The number of anilines is 2. The van der Waals surface area contributed by atoms with Gasteiger partial charge in [0.25, 0.3) is 0 Å². The predicted molar refractivity (Wildman–Crippen MR) is 113 cm³/mol. The third-order valence-electron chi connectivity index (χ3n) is 4.35. The van der Waals surface area contributed by atoms with E-state index in [4.69, 9.17) is 21.1 Å². The Kier molecular flexibility index (Phi) is 6.34. The molecule has 7 nitrogen and oxygen atoms in total. The summed E-state index contributed by atoms with van der Waals surface area (Å²) in [6.45, 7) is 5.75. The fraction of sp³-hybridized carbons (Fsp3) is 0.300. The summed E-state index contributed by atoms with van der Waals surface area (Å²) in [7, 11) is 1.31. The zero-order valence-electron chi connectivity index (χ0n) is 16.5. The van der Waals surface area contributed by atoms with E-state index < -0.39 is 11.9 Å². The molecule has 29 heavy (non-hydrogen) atoms. The summed E-state index contributed by atoms with van der Waals surface area (Å²) in [5.41, 5.74) is 2.34. The average molecular weight is 434 g/mol. The summed E-state index contributed by atoms with van der Waals surface area (Å²) in [5, 5.41) is 4.59. The number of carbonyl (C=O) groups is 2. The van der Waals surface area contributed by atoms with Crippen molar-refractivity contribution in [2.45, 2.75) is 27.2 Å². The summed E-state index contributed by atoms with van der Waals surface area (Å²) < 4.78 is 9.89. The number of fused-ring (bicyclic) bond motifs is 1. The monoisotopic (exact) mass is 433 g/mol. The Morgan fingerprint density at radius 3 is 2.66 bits per heavy atom. The van der Waals surface area contributed by atoms with E-state index in [1.807, 2.05) is 26.0 Å². The third-order valence-corrected chi connectivity index (χ3v) is 5.92. The van der Waals surface area contributed by atoms with Crippen molar-refractivity contribution in [3.05, 3.63) is 45.1 Å². The largest absolute Gasteiger partial charge is 0.469 e. The Balaban J connectivity index is 2.17. The summed E-state index contributed by atoms with van der Waals surface area (Å²) in [6, 6.07) is 5.51. The molecule has 0 aliphatic heterocycles. The number of ether oxygens (including phenoxy) is 2. The van der Waals surface area contributed by atoms with Gasteiger partial charge >= 0.3 is 11.9 Å². The molecule has 0 unspecified atom stereocenters. The van der Waals surface area contributed by atoms with E-state index in [0.29, 0.717) is 31.8 Å². The molecule has 0 saturated carbocycles. The van der Waals surface area contributed by atoms with Crippen LogP contribution in [-0.2, 0) is 20.7 Å². The van der Waals surface area contributed by atoms with E-state index >= 15 is 0 Å². The van der Waals surface area contributed by atoms with Gasteiger partial charge in [-0.25, -0.2) is 14.8 Å². The van der Waals surface area contributed by atoms with Crippen LogP contribution in [0.1, 0.15) is 33.5 Å². The van der Waals surface area contributed by atoms with Crippen LogP contribution in [0.3, 0.4) is 0 Å². The highest BCUT2D eigenvalue weighted by atomic mass is 35.5. The molecule has 2 heterocycles. The minimum Gasteiger partial charge on any atom is -0.469 e. The van der Waals surface area contributed by atoms with Crippen LogP contribution in [0.15, 0.2) is 18.2 Å². The molecule has 0 amide bonds. The van der Waals surface area contributed by atoms with Crippen molar-refractivity contribution in [3.63, 3.8) is 0 Å². The maximum absolute atomic E-state index is 12.3. The number of hydrogen-bond acceptors (Lipinski definition) is 8. The standard InChI is InChI=1S/C20H20ClN3O4S/c1-5-28-20(26)17-11(3)16-18(22-13-8-6-7-12(21)10(13)2)23-14(9-15(25)27-4)24-19(16)29-17/h6-8H,5,9H2,1-4H3,(H,22,23,24). The Morgan fingerprint density at radius 2 is 1.97 bits per heavy atom. The number of carbonyl (C=O) groups excluding carboxylic acids is 2. The molecule has 1 N–H and O–H groups in total. The molecular weight excluding hydrogens is 414 g/mol. The van der Waals surface area contributed by atoms with Crippen LogP contribution in [0.2, 0.25) is 5.02 Å². The number of nitrogens with zero attached hydrogens (tertiary/aromatic N) is 2. The Bertz CT molecular complexity index is 1100. The van der Waals surface area contributed by atoms with Crippen LogP contribution in [0.25, 0.3) is 10.2 Å². The maximum atomic E-state index is 12.3. The topological polar surface area (TPSA) is 90.4 Å². The number of aryl methyl sites for hydroxylation is 1. The van der Waals surface area contributed by atoms with Crippen molar-refractivity contribution in [2.24, 2.45) is 0 Å². The summed E-state index contributed by atoms with van der Waals surface area (Å²) in [4.78, 5) is 34.1. The molecule has 0 spiro atoms. The van der Waals surface area contributed by atoms with Crippen LogP contribution >= 0.6 is 22.9 Å². The zero-order valence-corrected chi connectivity index (χ0v) is 18.0. The number of thiophene rings is 1. The van der Waals surface area contributed by atoms with E-state index in [1.54, 1.807) is 13.0 Å². The van der Waals surface area contributed by atoms with E-state index in [0.717, 1.165) is 16.8 Å². The fourth-order valence-electron chi connectivity index (χ4n) is 2.82. The second kappa shape index (κ2) is 8.75. The molecule has 3 rings (SSSR count). The van der Waals surface area contributed by atoms with E-state index in [1.165, 1.54) is 18.4 Å². The fourth-order valence-corrected chi connectivity index (χ4v) is 4.08. The molecule has 0 bridgehead atoms. The molecule has 0 radical (unpaired) electrons. The van der Waals surface area contributed by atoms with Gasteiger partial charge in [0.2, 0.25) is 0 Å². The van der Waals surface area contributed by atoms with Crippen molar-refractivity contribution < 1.29 is 19.1 Å². The highest BCUT2D eigenvalue weighted by molar-refractivity contribution is 7.20. The van der Waals surface area contributed by atoms with Crippen LogP contribution in [-0.4, -0.2) is 35.6 Å². The van der Waals surface area contributed by atoms with Crippen molar-refractivity contribution in [1.29, 1.82) is 0 Å². The molecule has 0 fully saturated rings. The van der Waals surface area contributed by atoms with Crippen molar-refractivity contribution in [3.8, 4) is 0 Å². The van der Waals surface area contributed by atoms with Crippen LogP contribution < -0.4 is 5.32 Å². The van der Waals surface area contributed by atoms with Gasteiger partial charge < -0.3 is 14.8 Å². The number of esters is 2. The Labute approximate surface area is 177 Å². The van der Waals surface area contributed by atoms with E-state index in [9.17, 15) is 9.59 Å². The lowest BCUT2D eigenvalue weighted by molar-refractivity contribution is -0.139. The molecular formula is C20H20ClN3O4S. The second-order valence-corrected chi connectivity index (χ2v) is 7.64. The number of benzene rings is 1. The molecule has 0 atom stereocenters. The van der Waals surface area contributed by atoms with E-state index in [-0.39, 0.29) is 13.0 Å². The predicted octanol–water partition coefficient (Wildman–Crippen LogP) is 4.60. The summed E-state index contributed by atoms with van der Waals surface area (Å²) in [5.74, 6) is -0.0766.